The summed E-state index contributed by atoms with van der Waals surface area (Å²) in [6.07, 6.45) is 1.66. The molecule has 0 aliphatic carbocycles. The van der Waals surface area contributed by atoms with E-state index in [9.17, 15) is 9.18 Å². The van der Waals surface area contributed by atoms with Crippen LogP contribution in [0.25, 0.3) is 0 Å². The number of rotatable bonds is 2. The average Bonchev–Trinajstić information content (AvgIpc) is 1.67. The SMILES string of the molecule is C=CCC(=O)O.C=CF. The fourth-order valence-corrected chi connectivity index (χ4v) is 0.123. The maximum Gasteiger partial charge on any atom is 0.307 e. The third kappa shape index (κ3) is 46.4. The fraction of sp³-hybridized carbons (Fsp3) is 0.167. The molecule has 0 heterocycles. The number of hydrogen-bond donors (Lipinski definition) is 1. The van der Waals surface area contributed by atoms with Crippen LogP contribution in [0.1, 0.15) is 6.42 Å². The van der Waals surface area contributed by atoms with E-state index in [0.29, 0.717) is 0 Å². The summed E-state index contributed by atoms with van der Waals surface area (Å²) in [5.41, 5.74) is 0. The second-order valence-electron chi connectivity index (χ2n) is 1.04. The summed E-state index contributed by atoms with van der Waals surface area (Å²) >= 11 is 0. The van der Waals surface area contributed by atoms with Gasteiger partial charge in [-0.05, 0) is 0 Å². The molecular formula is C6H9FO2. The number of hydrogen-bond acceptors (Lipinski definition) is 1. The third-order valence-corrected chi connectivity index (χ3v) is 0.319. The predicted octanol–water partition coefficient (Wildman–Crippen LogP) is 1.75. The lowest BCUT2D eigenvalue weighted by Gasteiger charge is -1.75. The molecule has 3 heteroatoms. The number of carboxylic acids is 1. The smallest absolute Gasteiger partial charge is 0.307 e. The van der Waals surface area contributed by atoms with E-state index >= 15 is 0 Å². The second-order valence-corrected chi connectivity index (χ2v) is 1.04. The summed E-state index contributed by atoms with van der Waals surface area (Å²) < 4.78 is 10.1. The Morgan fingerprint density at radius 2 is 2.00 bits per heavy atom. The van der Waals surface area contributed by atoms with Crippen LogP contribution in [0.4, 0.5) is 4.39 Å². The largest absolute Gasteiger partial charge is 0.481 e. The molecule has 0 atom stereocenters. The Bertz CT molecular complexity index is 99.2. The van der Waals surface area contributed by atoms with Crippen LogP contribution in [-0.4, -0.2) is 11.1 Å². The van der Waals surface area contributed by atoms with Crippen LogP contribution in [-0.2, 0) is 4.79 Å². The Balaban J connectivity index is 0. The number of aliphatic carboxylic acids is 1. The van der Waals surface area contributed by atoms with Gasteiger partial charge < -0.3 is 5.11 Å². The summed E-state index contributed by atoms with van der Waals surface area (Å²) in [5.74, 6) is -0.829. The van der Waals surface area contributed by atoms with Crippen molar-refractivity contribution in [3.63, 3.8) is 0 Å². The zero-order valence-electron chi connectivity index (χ0n) is 5.01. The molecule has 9 heavy (non-hydrogen) atoms. The van der Waals surface area contributed by atoms with Gasteiger partial charge in [-0.15, -0.1) is 6.58 Å². The van der Waals surface area contributed by atoms with Gasteiger partial charge in [0.25, 0.3) is 0 Å². The molecule has 2 nitrogen and oxygen atoms in total. The van der Waals surface area contributed by atoms with Crippen LogP contribution < -0.4 is 0 Å². The van der Waals surface area contributed by atoms with Crippen LogP contribution in [0.15, 0.2) is 25.6 Å². The van der Waals surface area contributed by atoms with Crippen LogP contribution >= 0.6 is 0 Å². The fourth-order valence-electron chi connectivity index (χ4n) is 0.123. The summed E-state index contributed by atoms with van der Waals surface area (Å²) in [4.78, 5) is 9.53. The van der Waals surface area contributed by atoms with Gasteiger partial charge in [0.1, 0.15) is 0 Å². The Morgan fingerprint density at radius 3 is 2.00 bits per heavy atom. The molecule has 0 amide bonds. The highest BCUT2D eigenvalue weighted by Crippen LogP contribution is 1.74. The van der Waals surface area contributed by atoms with Gasteiger partial charge in [0.2, 0.25) is 0 Å². The first-order valence-electron chi connectivity index (χ1n) is 2.22. The van der Waals surface area contributed by atoms with E-state index in [1.54, 1.807) is 0 Å². The number of halogens is 1. The normalized spacial score (nSPS) is 6.33. The van der Waals surface area contributed by atoms with E-state index in [1.165, 1.54) is 6.08 Å². The molecule has 0 aromatic carbocycles. The zero-order chi connectivity index (χ0) is 7.70. The van der Waals surface area contributed by atoms with E-state index in [1.807, 2.05) is 0 Å². The van der Waals surface area contributed by atoms with Crippen molar-refractivity contribution >= 4 is 5.97 Å². The summed E-state index contributed by atoms with van der Waals surface area (Å²) in [7, 11) is 0. The molecule has 0 aliphatic rings. The van der Waals surface area contributed by atoms with E-state index < -0.39 is 5.97 Å². The monoisotopic (exact) mass is 132 g/mol. The molecular weight excluding hydrogens is 123 g/mol. The first-order chi connectivity index (χ1) is 4.18. The highest BCUT2D eigenvalue weighted by atomic mass is 19.1. The minimum atomic E-state index is -0.829. The minimum absolute atomic E-state index is 0.0556. The third-order valence-electron chi connectivity index (χ3n) is 0.319. The van der Waals surface area contributed by atoms with Crippen molar-refractivity contribution < 1.29 is 14.3 Å². The molecule has 0 aliphatic heterocycles. The maximum atomic E-state index is 10.1. The Hall–Kier alpha value is -1.12. The standard InChI is InChI=1S/C4H6O2.C2H3F/c1-2-3-4(5)6;1-2-3/h2H,1,3H2,(H,5,6);2H,1H2. The summed E-state index contributed by atoms with van der Waals surface area (Å²) in [6, 6.07) is 0. The molecule has 0 radical (unpaired) electrons. The molecule has 52 valence electrons. The van der Waals surface area contributed by atoms with Gasteiger partial charge in [-0.3, -0.25) is 4.79 Å². The Labute approximate surface area is 53.3 Å². The van der Waals surface area contributed by atoms with Crippen molar-refractivity contribution in [1.29, 1.82) is 0 Å². The Kier molecular flexibility index (Phi) is 12.0. The number of carbonyl (C=O) groups is 1. The molecule has 0 rings (SSSR count). The van der Waals surface area contributed by atoms with Crippen LogP contribution in [0.3, 0.4) is 0 Å². The highest BCUT2D eigenvalue weighted by Gasteiger charge is 1.84. The van der Waals surface area contributed by atoms with Gasteiger partial charge in [0, 0.05) is 0 Å². The zero-order valence-corrected chi connectivity index (χ0v) is 5.01. The Morgan fingerprint density at radius 1 is 1.67 bits per heavy atom. The van der Waals surface area contributed by atoms with E-state index in [-0.39, 0.29) is 12.8 Å². The molecule has 0 aromatic rings. The van der Waals surface area contributed by atoms with Crippen LogP contribution in [0.2, 0.25) is 0 Å². The van der Waals surface area contributed by atoms with Crippen molar-refractivity contribution in [1.82, 2.24) is 0 Å². The second kappa shape index (κ2) is 9.99. The molecule has 0 unspecified atom stereocenters. The molecule has 0 bridgehead atoms. The predicted molar refractivity (Wildman–Crippen MR) is 33.8 cm³/mol. The first kappa shape index (κ1) is 10.8. The topological polar surface area (TPSA) is 37.3 Å². The van der Waals surface area contributed by atoms with Crippen molar-refractivity contribution in [3.05, 3.63) is 25.6 Å². The summed E-state index contributed by atoms with van der Waals surface area (Å²) in [6.45, 7) is 5.91. The van der Waals surface area contributed by atoms with E-state index in [2.05, 4.69) is 13.2 Å². The quantitative estimate of drug-likeness (QED) is 0.581. The molecule has 1 N–H and O–H groups in total. The van der Waals surface area contributed by atoms with Crippen LogP contribution in [0, 0.1) is 0 Å². The molecule has 0 fully saturated rings. The number of carboxylic acid groups (broad SMARTS) is 1. The maximum absolute atomic E-state index is 10.1. The molecule has 0 saturated carbocycles. The lowest BCUT2D eigenvalue weighted by molar-refractivity contribution is -0.135. The molecule has 0 aromatic heterocycles. The average molecular weight is 132 g/mol. The van der Waals surface area contributed by atoms with Gasteiger partial charge in [-0.1, -0.05) is 12.7 Å². The van der Waals surface area contributed by atoms with E-state index in [4.69, 9.17) is 5.11 Å². The van der Waals surface area contributed by atoms with Gasteiger partial charge >= 0.3 is 5.97 Å². The van der Waals surface area contributed by atoms with Gasteiger partial charge in [0.15, 0.2) is 0 Å². The van der Waals surface area contributed by atoms with E-state index in [0.717, 1.165) is 0 Å². The lowest BCUT2D eigenvalue weighted by Crippen LogP contribution is -1.88. The first-order valence-corrected chi connectivity index (χ1v) is 2.22. The van der Waals surface area contributed by atoms with Crippen LogP contribution in [0.5, 0.6) is 0 Å². The highest BCUT2D eigenvalue weighted by molar-refractivity contribution is 5.68. The van der Waals surface area contributed by atoms with Crippen molar-refractivity contribution in [2.24, 2.45) is 0 Å². The van der Waals surface area contributed by atoms with Gasteiger partial charge in [-0.25, -0.2) is 4.39 Å². The van der Waals surface area contributed by atoms with Crippen molar-refractivity contribution in [2.45, 2.75) is 6.42 Å². The minimum Gasteiger partial charge on any atom is -0.481 e. The van der Waals surface area contributed by atoms with Crippen molar-refractivity contribution in [3.8, 4) is 0 Å². The van der Waals surface area contributed by atoms with Gasteiger partial charge in [0.05, 0.1) is 12.8 Å². The molecule has 0 saturated heterocycles. The van der Waals surface area contributed by atoms with Gasteiger partial charge in [-0.2, -0.15) is 0 Å². The van der Waals surface area contributed by atoms with Crippen molar-refractivity contribution in [2.75, 3.05) is 0 Å². The molecule has 0 spiro atoms. The lowest BCUT2D eigenvalue weighted by atomic mass is 10.4. The summed E-state index contributed by atoms with van der Waals surface area (Å²) in [5, 5.41) is 7.84.